The molecule has 0 N–H and O–H groups in total. The van der Waals surface area contributed by atoms with Gasteiger partial charge in [0, 0.05) is 12.0 Å². The third-order valence-corrected chi connectivity index (χ3v) is 3.06. The van der Waals surface area contributed by atoms with Crippen molar-refractivity contribution in [2.75, 3.05) is 0 Å². The second kappa shape index (κ2) is 9.37. The Morgan fingerprint density at radius 3 is 1.88 bits per heavy atom. The molecule has 1 unspecified atom stereocenters. The summed E-state index contributed by atoms with van der Waals surface area (Å²) < 4.78 is 5.03. The molecule has 0 aliphatic rings. The van der Waals surface area contributed by atoms with Crippen molar-refractivity contribution in [3.63, 3.8) is 0 Å². The molecule has 1 atom stereocenters. The van der Waals surface area contributed by atoms with Gasteiger partial charge in [-0.3, -0.25) is 0 Å². The smallest absolute Gasteiger partial charge is 0.429 e. The first kappa shape index (κ1) is 24.4. The van der Waals surface area contributed by atoms with Crippen LogP contribution in [0.2, 0.25) is 0 Å². The van der Waals surface area contributed by atoms with Gasteiger partial charge >= 0.3 is 12.1 Å². The van der Waals surface area contributed by atoms with E-state index in [4.69, 9.17) is 14.5 Å². The fourth-order valence-corrected chi connectivity index (χ4v) is 2.63. The fraction of sp³-hybridized carbons (Fsp3) is 0.789. The highest BCUT2D eigenvalue weighted by atomic mass is 17.2. The van der Waals surface area contributed by atoms with Crippen LogP contribution in [0.4, 0.5) is 4.79 Å². The molecular weight excluding hydrogens is 340 g/mol. The first-order valence-electron chi connectivity index (χ1n) is 8.65. The lowest BCUT2D eigenvalue weighted by Crippen LogP contribution is -2.37. The van der Waals surface area contributed by atoms with Gasteiger partial charge in [-0.25, -0.2) is 24.3 Å². The molecule has 0 aliphatic heterocycles. The van der Waals surface area contributed by atoms with E-state index in [-0.39, 0.29) is 11.0 Å². The first-order valence-corrected chi connectivity index (χ1v) is 8.65. The quantitative estimate of drug-likeness (QED) is 0.259. The van der Waals surface area contributed by atoms with Gasteiger partial charge in [0.25, 0.3) is 0 Å². The van der Waals surface area contributed by atoms with Gasteiger partial charge in [0.15, 0.2) is 0 Å². The third kappa shape index (κ3) is 11.9. The summed E-state index contributed by atoms with van der Waals surface area (Å²) in [6.45, 7) is 20.4. The Bertz CT molecular complexity index is 501. The van der Waals surface area contributed by atoms with Crippen LogP contribution in [0.1, 0.15) is 75.2 Å². The topological polar surface area (TPSA) is 80.3 Å². The lowest BCUT2D eigenvalue weighted by Gasteiger charge is -2.35. The summed E-state index contributed by atoms with van der Waals surface area (Å²) in [6, 6.07) is 0. The van der Waals surface area contributed by atoms with Crippen molar-refractivity contribution < 1.29 is 33.9 Å². The van der Waals surface area contributed by atoms with E-state index < -0.39 is 29.4 Å². The van der Waals surface area contributed by atoms with Gasteiger partial charge in [0.2, 0.25) is 0 Å². The summed E-state index contributed by atoms with van der Waals surface area (Å²) >= 11 is 0. The maximum atomic E-state index is 11.5. The monoisotopic (exact) mass is 374 g/mol. The Hall–Kier alpha value is -1.60. The molecule has 0 spiro atoms. The van der Waals surface area contributed by atoms with Crippen molar-refractivity contribution in [2.45, 2.75) is 92.5 Å². The van der Waals surface area contributed by atoms with Crippen molar-refractivity contribution in [1.82, 2.24) is 0 Å². The maximum Gasteiger partial charge on any atom is 0.550 e. The highest BCUT2D eigenvalue weighted by molar-refractivity contribution is 5.86. The molecule has 0 saturated carbocycles. The van der Waals surface area contributed by atoms with Crippen LogP contribution in [-0.4, -0.2) is 29.4 Å². The lowest BCUT2D eigenvalue weighted by atomic mass is 9.84. The maximum absolute atomic E-state index is 11.5. The van der Waals surface area contributed by atoms with E-state index in [2.05, 4.69) is 37.1 Å². The van der Waals surface area contributed by atoms with Crippen LogP contribution < -0.4 is 0 Å². The largest absolute Gasteiger partial charge is 0.550 e. The summed E-state index contributed by atoms with van der Waals surface area (Å²) in [5.41, 5.74) is -0.966. The van der Waals surface area contributed by atoms with Gasteiger partial charge in [0.05, 0.1) is 5.60 Å². The minimum atomic E-state index is -1.11. The van der Waals surface area contributed by atoms with Crippen LogP contribution in [0.25, 0.3) is 0 Å². The van der Waals surface area contributed by atoms with Crippen LogP contribution in [0, 0.1) is 5.41 Å². The van der Waals surface area contributed by atoms with E-state index >= 15 is 0 Å². The summed E-state index contributed by atoms with van der Waals surface area (Å²) in [7, 11) is 0. The van der Waals surface area contributed by atoms with Crippen molar-refractivity contribution >= 4 is 12.1 Å². The van der Waals surface area contributed by atoms with E-state index in [9.17, 15) is 9.59 Å². The van der Waals surface area contributed by atoms with E-state index in [1.54, 1.807) is 6.92 Å². The van der Waals surface area contributed by atoms with Gasteiger partial charge in [-0.05, 0) is 53.4 Å². The SMILES string of the molecule is C=C(C)C(=O)OOC(=O)OC(C)CC(C)(C)OOC(C)(C)CC(C)(C)C. The molecule has 7 heteroatoms. The van der Waals surface area contributed by atoms with E-state index in [1.165, 1.54) is 6.92 Å². The fourth-order valence-electron chi connectivity index (χ4n) is 2.63. The number of hydrogen-bond acceptors (Lipinski definition) is 7. The van der Waals surface area contributed by atoms with E-state index in [0.29, 0.717) is 6.42 Å². The Morgan fingerprint density at radius 2 is 1.42 bits per heavy atom. The number of carbonyl (C=O) groups excluding carboxylic acids is 2. The Balaban J connectivity index is 4.41. The molecule has 26 heavy (non-hydrogen) atoms. The van der Waals surface area contributed by atoms with Crippen LogP contribution in [0.5, 0.6) is 0 Å². The molecule has 0 aromatic carbocycles. The number of ether oxygens (including phenoxy) is 1. The van der Waals surface area contributed by atoms with Crippen LogP contribution in [0.3, 0.4) is 0 Å². The van der Waals surface area contributed by atoms with E-state index in [1.807, 2.05) is 27.7 Å². The summed E-state index contributed by atoms with van der Waals surface area (Å²) in [5.74, 6) is -0.840. The normalized spacial score (nSPS) is 13.7. The summed E-state index contributed by atoms with van der Waals surface area (Å²) in [5, 5.41) is 0. The van der Waals surface area contributed by atoms with E-state index in [0.717, 1.165) is 6.42 Å². The molecule has 0 heterocycles. The second-order valence-corrected chi connectivity index (χ2v) is 9.04. The van der Waals surface area contributed by atoms with Crippen LogP contribution in [-0.2, 0) is 29.1 Å². The van der Waals surface area contributed by atoms with Crippen molar-refractivity contribution in [1.29, 1.82) is 0 Å². The zero-order valence-electron chi connectivity index (χ0n) is 17.6. The Morgan fingerprint density at radius 1 is 0.923 bits per heavy atom. The average Bonchev–Trinajstić information content (AvgIpc) is 2.39. The predicted octanol–water partition coefficient (Wildman–Crippen LogP) is 4.89. The first-order chi connectivity index (χ1) is 11.5. The molecule has 152 valence electrons. The van der Waals surface area contributed by atoms with Gasteiger partial charge in [-0.15, -0.1) is 0 Å². The Kier molecular flexibility index (Phi) is 8.79. The Labute approximate surface area is 156 Å². The molecule has 7 nitrogen and oxygen atoms in total. The molecule has 0 amide bonds. The summed E-state index contributed by atoms with van der Waals surface area (Å²) in [4.78, 5) is 42.4. The minimum absolute atomic E-state index is 0.0956. The van der Waals surface area contributed by atoms with Gasteiger partial charge in [0.1, 0.15) is 11.7 Å². The lowest BCUT2D eigenvalue weighted by molar-refractivity contribution is -0.407. The number of rotatable bonds is 8. The van der Waals surface area contributed by atoms with Gasteiger partial charge in [-0.2, -0.15) is 4.79 Å². The van der Waals surface area contributed by atoms with Crippen LogP contribution >= 0.6 is 0 Å². The van der Waals surface area contributed by atoms with Crippen molar-refractivity contribution in [2.24, 2.45) is 5.41 Å². The average molecular weight is 374 g/mol. The molecule has 0 saturated heterocycles. The number of carbonyl (C=O) groups is 2. The molecule has 0 rings (SSSR count). The second-order valence-electron chi connectivity index (χ2n) is 9.04. The zero-order valence-corrected chi connectivity index (χ0v) is 17.6. The molecule has 0 radical (unpaired) electrons. The van der Waals surface area contributed by atoms with Crippen molar-refractivity contribution in [3.8, 4) is 0 Å². The zero-order chi connectivity index (χ0) is 20.8. The molecule has 0 aromatic rings. The third-order valence-electron chi connectivity index (χ3n) is 3.06. The molecule has 0 fully saturated rings. The van der Waals surface area contributed by atoms with Gasteiger partial charge < -0.3 is 4.74 Å². The highest BCUT2D eigenvalue weighted by Gasteiger charge is 2.32. The minimum Gasteiger partial charge on any atom is -0.429 e. The molecular formula is C19H34O7. The predicted molar refractivity (Wildman–Crippen MR) is 97.0 cm³/mol. The van der Waals surface area contributed by atoms with Crippen molar-refractivity contribution in [3.05, 3.63) is 12.2 Å². The molecule has 0 aromatic heterocycles. The highest BCUT2D eigenvalue weighted by Crippen LogP contribution is 2.31. The molecule has 0 aliphatic carbocycles. The van der Waals surface area contributed by atoms with Crippen LogP contribution in [0.15, 0.2) is 12.2 Å². The summed E-state index contributed by atoms with van der Waals surface area (Å²) in [6.07, 6.45) is -0.503. The van der Waals surface area contributed by atoms with Gasteiger partial charge in [-0.1, -0.05) is 27.4 Å². The standard InChI is InChI=1S/C19H34O7/c1-13(2)15(20)23-24-16(21)22-14(3)11-18(7,8)25-26-19(9,10)12-17(4,5)6/h14H,1,11-12H2,2-10H3. The molecule has 0 bridgehead atoms. The number of hydrogen-bond donors (Lipinski definition) is 0.